The van der Waals surface area contributed by atoms with Crippen LogP contribution in [0.5, 0.6) is 34.5 Å². The molecule has 0 aliphatic carbocycles. The van der Waals surface area contributed by atoms with Gasteiger partial charge in [-0.25, -0.2) is 0 Å². The fraction of sp³-hybridized carbons (Fsp3) is 0.312. The monoisotopic (exact) mass is 560 g/mol. The van der Waals surface area contributed by atoms with Crippen molar-refractivity contribution >= 4 is 16.9 Å². The van der Waals surface area contributed by atoms with Crippen molar-refractivity contribution in [2.24, 2.45) is 0 Å². The highest BCUT2D eigenvalue weighted by Crippen LogP contribution is 2.49. The maximum absolute atomic E-state index is 13.4. The first-order valence-corrected chi connectivity index (χ1v) is 13.2. The Balaban J connectivity index is 1.88. The van der Waals surface area contributed by atoms with Crippen molar-refractivity contribution in [3.63, 3.8) is 0 Å². The Morgan fingerprint density at radius 1 is 0.756 bits per heavy atom. The van der Waals surface area contributed by atoms with Crippen molar-refractivity contribution in [1.29, 1.82) is 0 Å². The number of fused-ring (bicyclic) bond motifs is 3. The molecule has 0 fully saturated rings. The van der Waals surface area contributed by atoms with Gasteiger partial charge in [-0.2, -0.15) is 0 Å². The zero-order valence-electron chi connectivity index (χ0n) is 23.6. The van der Waals surface area contributed by atoms with Crippen molar-refractivity contribution in [2.75, 3.05) is 0 Å². The summed E-state index contributed by atoms with van der Waals surface area (Å²) < 4.78 is 11.6. The van der Waals surface area contributed by atoms with Gasteiger partial charge in [-0.15, -0.1) is 0 Å². The van der Waals surface area contributed by atoms with E-state index >= 15 is 0 Å². The average molecular weight is 561 g/mol. The predicted octanol–water partition coefficient (Wildman–Crippen LogP) is 6.02. The van der Waals surface area contributed by atoms with Crippen LogP contribution in [0.25, 0.3) is 22.3 Å². The Morgan fingerprint density at radius 2 is 1.37 bits per heavy atom. The number of rotatable bonds is 2. The highest BCUT2D eigenvalue weighted by atomic mass is 16.5. The maximum atomic E-state index is 13.4. The minimum Gasteiger partial charge on any atom is -0.507 e. The third kappa shape index (κ3) is 4.61. The zero-order chi connectivity index (χ0) is 30.2. The smallest absolute Gasteiger partial charge is 0.312 e. The zero-order valence-corrected chi connectivity index (χ0v) is 23.6. The largest absolute Gasteiger partial charge is 0.507 e. The van der Waals surface area contributed by atoms with E-state index in [0.29, 0.717) is 22.3 Å². The van der Waals surface area contributed by atoms with Crippen LogP contribution in [0.2, 0.25) is 0 Å². The number of hydrogen-bond acceptors (Lipinski definition) is 9. The molecule has 4 aromatic rings. The van der Waals surface area contributed by atoms with Gasteiger partial charge in [0.1, 0.15) is 28.2 Å². The SMILES string of the molecule is CC(C)(C)c1cc([C@@H]2CC(=O)Oc3cc(O)c4c(=O)c(O)c(-c5ccc(O)c(O)c5)oc4c32)cc(C(C)(C)C)c1O. The third-order valence-electron chi connectivity index (χ3n) is 7.45. The van der Waals surface area contributed by atoms with Crippen LogP contribution in [0.15, 0.2) is 45.6 Å². The summed E-state index contributed by atoms with van der Waals surface area (Å²) in [6.45, 7) is 11.8. The van der Waals surface area contributed by atoms with Gasteiger partial charge in [0.2, 0.25) is 11.2 Å². The van der Waals surface area contributed by atoms with E-state index in [4.69, 9.17) is 9.15 Å². The number of hydrogen-bond donors (Lipinski definition) is 5. The van der Waals surface area contributed by atoms with Crippen LogP contribution in [-0.4, -0.2) is 31.5 Å². The van der Waals surface area contributed by atoms with Crippen molar-refractivity contribution in [3.05, 3.63) is 68.9 Å². The molecule has 5 rings (SSSR count). The van der Waals surface area contributed by atoms with Gasteiger partial charge in [0.25, 0.3) is 0 Å². The summed E-state index contributed by atoms with van der Waals surface area (Å²) in [5, 5.41) is 52.3. The van der Waals surface area contributed by atoms with E-state index in [2.05, 4.69) is 0 Å². The molecule has 0 radical (unpaired) electrons. The third-order valence-corrected chi connectivity index (χ3v) is 7.45. The molecule has 1 atom stereocenters. The van der Waals surface area contributed by atoms with Crippen LogP contribution in [0.4, 0.5) is 0 Å². The maximum Gasteiger partial charge on any atom is 0.312 e. The van der Waals surface area contributed by atoms with Crippen LogP contribution in [0.3, 0.4) is 0 Å². The van der Waals surface area contributed by atoms with Crippen molar-refractivity contribution in [3.8, 4) is 45.8 Å². The summed E-state index contributed by atoms with van der Waals surface area (Å²) in [7, 11) is 0. The van der Waals surface area contributed by atoms with E-state index in [1.54, 1.807) is 0 Å². The lowest BCUT2D eigenvalue weighted by atomic mass is 9.75. The molecule has 1 aromatic heterocycles. The summed E-state index contributed by atoms with van der Waals surface area (Å²) in [6.07, 6.45) is -0.120. The van der Waals surface area contributed by atoms with E-state index < -0.39 is 51.1 Å². The number of carbonyl (C=O) groups is 1. The van der Waals surface area contributed by atoms with Gasteiger partial charge in [0, 0.05) is 23.1 Å². The topological polar surface area (TPSA) is 158 Å². The number of phenols is 4. The summed E-state index contributed by atoms with van der Waals surface area (Å²) in [5.74, 6) is -3.68. The lowest BCUT2D eigenvalue weighted by Gasteiger charge is -2.31. The quantitative estimate of drug-likeness (QED) is 0.112. The molecule has 41 heavy (non-hydrogen) atoms. The second-order valence-corrected chi connectivity index (χ2v) is 12.5. The first kappa shape index (κ1) is 27.9. The van der Waals surface area contributed by atoms with Crippen molar-refractivity contribution in [1.82, 2.24) is 0 Å². The molecule has 0 bridgehead atoms. The first-order chi connectivity index (χ1) is 19.0. The minimum atomic E-state index is -0.929. The van der Waals surface area contributed by atoms with E-state index in [9.17, 15) is 35.1 Å². The van der Waals surface area contributed by atoms with Gasteiger partial charge < -0.3 is 34.7 Å². The van der Waals surface area contributed by atoms with Crippen LogP contribution >= 0.6 is 0 Å². The number of carbonyl (C=O) groups excluding carboxylic acids is 1. The summed E-state index contributed by atoms with van der Waals surface area (Å²) >= 11 is 0. The number of ether oxygens (including phenoxy) is 1. The standard InChI is InChI=1S/C32H32O9/c1-31(2,3)17-9-15(10-18(26(17)37)32(4,5)6)16-12-23(36)40-22-13-21(35)25-27(38)28(39)29(41-30(25)24(16)22)14-7-8-19(33)20(34)11-14/h7-11,13,16,33-35,37,39H,12H2,1-6H3/t16-/m0/s1. The number of aromatic hydroxyl groups is 5. The second-order valence-electron chi connectivity index (χ2n) is 12.5. The Morgan fingerprint density at radius 3 is 1.93 bits per heavy atom. The molecule has 2 heterocycles. The number of phenolic OH excluding ortho intramolecular Hbond substituents is 4. The van der Waals surface area contributed by atoms with Crippen LogP contribution < -0.4 is 10.2 Å². The molecular formula is C32H32O9. The van der Waals surface area contributed by atoms with Crippen molar-refractivity contribution < 1.29 is 39.5 Å². The molecule has 9 nitrogen and oxygen atoms in total. The predicted molar refractivity (Wildman–Crippen MR) is 152 cm³/mol. The summed E-state index contributed by atoms with van der Waals surface area (Å²) in [5.41, 5.74) is 0.458. The highest BCUT2D eigenvalue weighted by Gasteiger charge is 2.37. The van der Waals surface area contributed by atoms with E-state index in [1.165, 1.54) is 12.1 Å². The van der Waals surface area contributed by atoms with Gasteiger partial charge in [-0.1, -0.05) is 53.7 Å². The fourth-order valence-electron chi connectivity index (χ4n) is 5.33. The Hall–Kier alpha value is -4.66. The van der Waals surface area contributed by atoms with Crippen LogP contribution in [0.1, 0.15) is 76.1 Å². The number of benzene rings is 3. The summed E-state index contributed by atoms with van der Waals surface area (Å²) in [6, 6.07) is 8.45. The van der Waals surface area contributed by atoms with Gasteiger partial charge in [0.05, 0.1) is 6.42 Å². The fourth-order valence-corrected chi connectivity index (χ4v) is 5.33. The molecule has 5 N–H and O–H groups in total. The molecule has 0 saturated heterocycles. The van der Waals surface area contributed by atoms with Crippen LogP contribution in [0, 0.1) is 0 Å². The Kier molecular flexibility index (Phi) is 6.25. The first-order valence-electron chi connectivity index (χ1n) is 13.2. The molecule has 3 aromatic carbocycles. The molecular weight excluding hydrogens is 528 g/mol. The average Bonchev–Trinajstić information content (AvgIpc) is 2.85. The lowest BCUT2D eigenvalue weighted by molar-refractivity contribution is -0.135. The minimum absolute atomic E-state index is 0.00714. The molecule has 9 heteroatoms. The normalized spacial score (nSPS) is 15.6. The van der Waals surface area contributed by atoms with Gasteiger partial charge in [-0.05, 0) is 45.7 Å². The summed E-state index contributed by atoms with van der Waals surface area (Å²) in [4.78, 5) is 26.2. The second kappa shape index (κ2) is 9.19. The molecule has 1 aliphatic heterocycles. The van der Waals surface area contributed by atoms with Crippen molar-refractivity contribution in [2.45, 2.75) is 64.7 Å². The molecule has 0 amide bonds. The Labute approximate surface area is 235 Å². The van der Waals surface area contributed by atoms with E-state index in [1.807, 2.05) is 53.7 Å². The highest BCUT2D eigenvalue weighted by molar-refractivity contribution is 5.94. The molecule has 0 unspecified atom stereocenters. The van der Waals surface area contributed by atoms with Gasteiger partial charge in [0.15, 0.2) is 17.3 Å². The Bertz CT molecular complexity index is 1760. The molecule has 0 spiro atoms. The lowest BCUT2D eigenvalue weighted by Crippen LogP contribution is -2.24. The molecule has 0 saturated carbocycles. The molecule has 1 aliphatic rings. The van der Waals surface area contributed by atoms with Gasteiger partial charge in [-0.3, -0.25) is 9.59 Å². The van der Waals surface area contributed by atoms with E-state index in [0.717, 1.165) is 12.1 Å². The molecule has 214 valence electrons. The number of esters is 1. The van der Waals surface area contributed by atoms with Crippen LogP contribution in [-0.2, 0) is 15.6 Å². The van der Waals surface area contributed by atoms with E-state index in [-0.39, 0.29) is 40.2 Å². The van der Waals surface area contributed by atoms with Gasteiger partial charge >= 0.3 is 5.97 Å².